The summed E-state index contributed by atoms with van der Waals surface area (Å²) in [6.45, 7) is 2.67. The van der Waals surface area contributed by atoms with Crippen LogP contribution in [0.15, 0.2) is 24.5 Å². The number of esters is 1. The predicted octanol–water partition coefficient (Wildman–Crippen LogP) is 7.09. The molecule has 0 saturated carbocycles. The number of hydrogen-bond donors (Lipinski definition) is 0. The molecule has 0 N–H and O–H groups in total. The van der Waals surface area contributed by atoms with Gasteiger partial charge in [-0.3, -0.25) is 9.78 Å². The minimum atomic E-state index is -0.0884. The first-order chi connectivity index (χ1) is 13.8. The van der Waals surface area contributed by atoms with E-state index in [0.717, 1.165) is 28.9 Å². The number of unbranched alkanes of at least 4 members (excludes halogenated alkanes) is 8. The third-order valence-corrected chi connectivity index (χ3v) is 7.49. The van der Waals surface area contributed by atoms with Gasteiger partial charge in [0.05, 0.1) is 0 Å². The fraction of sp³-hybridized carbons (Fsp3) is 0.750. The molecule has 1 aliphatic heterocycles. The van der Waals surface area contributed by atoms with E-state index < -0.39 is 0 Å². The van der Waals surface area contributed by atoms with Gasteiger partial charge < -0.3 is 4.74 Å². The van der Waals surface area contributed by atoms with E-state index in [4.69, 9.17) is 4.74 Å². The van der Waals surface area contributed by atoms with Crippen molar-refractivity contribution in [2.75, 3.05) is 0 Å². The maximum atomic E-state index is 11.7. The van der Waals surface area contributed by atoms with Crippen molar-refractivity contribution in [1.82, 2.24) is 4.98 Å². The number of hydrogen-bond acceptors (Lipinski definition) is 4. The number of carbonyl (C=O) groups is 1. The topological polar surface area (TPSA) is 39.2 Å². The highest BCUT2D eigenvalue weighted by Crippen LogP contribution is 2.38. The molecule has 0 spiro atoms. The zero-order valence-electron chi connectivity index (χ0n) is 17.7. The Morgan fingerprint density at radius 3 is 2.36 bits per heavy atom. The van der Waals surface area contributed by atoms with Gasteiger partial charge in [-0.2, -0.15) is 11.8 Å². The highest BCUT2D eigenvalue weighted by Gasteiger charge is 2.22. The first-order valence-electron chi connectivity index (χ1n) is 11.5. The van der Waals surface area contributed by atoms with Gasteiger partial charge in [0.15, 0.2) is 0 Å². The predicted molar refractivity (Wildman–Crippen MR) is 120 cm³/mol. The number of thioether (sulfide) groups is 1. The first kappa shape index (κ1) is 23.3. The Kier molecular flexibility index (Phi) is 12.4. The maximum absolute atomic E-state index is 11.7. The summed E-state index contributed by atoms with van der Waals surface area (Å²) in [6, 6.07) is 3.79. The largest absolute Gasteiger partial charge is 0.461 e. The van der Waals surface area contributed by atoms with Crippen molar-refractivity contribution in [2.45, 2.75) is 114 Å². The summed E-state index contributed by atoms with van der Waals surface area (Å²) < 4.78 is 5.28. The molecule has 1 saturated heterocycles. The standard InChI is InChI=1S/C24H39NO2S/c1-2-22-16-17-23(28-22)14-10-8-6-4-3-5-7-9-11-15-24(26)27-20-21-13-12-18-25-19-21/h12-13,18-19,22-23H,2-11,14-17,20H2,1H3. The van der Waals surface area contributed by atoms with Crippen molar-refractivity contribution in [2.24, 2.45) is 0 Å². The van der Waals surface area contributed by atoms with Crippen LogP contribution in [0.25, 0.3) is 0 Å². The molecule has 3 nitrogen and oxygen atoms in total. The van der Waals surface area contributed by atoms with E-state index in [2.05, 4.69) is 23.7 Å². The lowest BCUT2D eigenvalue weighted by Crippen LogP contribution is -2.04. The van der Waals surface area contributed by atoms with Gasteiger partial charge in [0, 0.05) is 34.9 Å². The van der Waals surface area contributed by atoms with Gasteiger partial charge in [-0.25, -0.2) is 0 Å². The Balaban J connectivity index is 1.31. The van der Waals surface area contributed by atoms with Crippen LogP contribution in [0.5, 0.6) is 0 Å². The van der Waals surface area contributed by atoms with Crippen LogP contribution in [-0.4, -0.2) is 21.5 Å². The van der Waals surface area contributed by atoms with E-state index in [9.17, 15) is 4.79 Å². The van der Waals surface area contributed by atoms with Crippen molar-refractivity contribution in [1.29, 1.82) is 0 Å². The van der Waals surface area contributed by atoms with Gasteiger partial charge in [-0.15, -0.1) is 0 Å². The Bertz CT molecular complexity index is 523. The number of rotatable bonds is 15. The molecule has 2 rings (SSSR count). The molecule has 1 aromatic heterocycles. The summed E-state index contributed by atoms with van der Waals surface area (Å²) in [5.41, 5.74) is 0.947. The molecule has 0 amide bonds. The van der Waals surface area contributed by atoms with Crippen LogP contribution in [0, 0.1) is 0 Å². The Morgan fingerprint density at radius 2 is 1.71 bits per heavy atom. The molecule has 0 bridgehead atoms. The lowest BCUT2D eigenvalue weighted by Gasteiger charge is -2.09. The summed E-state index contributed by atoms with van der Waals surface area (Å²) in [7, 11) is 0. The molecule has 2 unspecified atom stereocenters. The van der Waals surface area contributed by atoms with Crippen LogP contribution >= 0.6 is 11.8 Å². The summed E-state index contributed by atoms with van der Waals surface area (Å²) >= 11 is 2.26. The average molecular weight is 406 g/mol. The van der Waals surface area contributed by atoms with Crippen molar-refractivity contribution in [3.8, 4) is 0 Å². The van der Waals surface area contributed by atoms with Gasteiger partial charge in [-0.05, 0) is 38.2 Å². The number of carbonyl (C=O) groups excluding carboxylic acids is 1. The smallest absolute Gasteiger partial charge is 0.306 e. The molecular formula is C24H39NO2S. The van der Waals surface area contributed by atoms with E-state index in [1.54, 1.807) is 12.4 Å². The third kappa shape index (κ3) is 10.5. The Morgan fingerprint density at radius 1 is 1.04 bits per heavy atom. The minimum absolute atomic E-state index is 0.0884. The Labute approximate surface area is 176 Å². The second kappa shape index (κ2) is 14.9. The maximum Gasteiger partial charge on any atom is 0.306 e. The van der Waals surface area contributed by atoms with Gasteiger partial charge in [0.1, 0.15) is 6.61 Å². The van der Waals surface area contributed by atoms with Crippen molar-refractivity contribution >= 4 is 17.7 Å². The van der Waals surface area contributed by atoms with Gasteiger partial charge in [-0.1, -0.05) is 64.4 Å². The quantitative estimate of drug-likeness (QED) is 0.231. The third-order valence-electron chi connectivity index (χ3n) is 5.68. The molecule has 1 fully saturated rings. The van der Waals surface area contributed by atoms with Crippen LogP contribution in [0.2, 0.25) is 0 Å². The molecule has 0 aromatic carbocycles. The van der Waals surface area contributed by atoms with E-state index in [0.29, 0.717) is 13.0 Å². The molecule has 0 aliphatic carbocycles. The van der Waals surface area contributed by atoms with Crippen molar-refractivity contribution < 1.29 is 9.53 Å². The van der Waals surface area contributed by atoms with Crippen LogP contribution in [0.1, 0.15) is 102 Å². The van der Waals surface area contributed by atoms with Crippen LogP contribution in [0.3, 0.4) is 0 Å². The zero-order chi connectivity index (χ0) is 19.9. The number of nitrogens with zero attached hydrogens (tertiary/aromatic N) is 1. The highest BCUT2D eigenvalue weighted by molar-refractivity contribution is 8.00. The molecule has 1 aliphatic rings. The normalized spacial score (nSPS) is 19.0. The molecule has 2 atom stereocenters. The minimum Gasteiger partial charge on any atom is -0.461 e. The van der Waals surface area contributed by atoms with E-state index >= 15 is 0 Å². The fourth-order valence-corrected chi connectivity index (χ4v) is 5.47. The van der Waals surface area contributed by atoms with Crippen LogP contribution < -0.4 is 0 Å². The van der Waals surface area contributed by atoms with Crippen molar-refractivity contribution in [3.05, 3.63) is 30.1 Å². The van der Waals surface area contributed by atoms with Gasteiger partial charge in [0.25, 0.3) is 0 Å². The molecule has 4 heteroatoms. The van der Waals surface area contributed by atoms with E-state index in [-0.39, 0.29) is 5.97 Å². The van der Waals surface area contributed by atoms with Crippen LogP contribution in [0.4, 0.5) is 0 Å². The second-order valence-corrected chi connectivity index (χ2v) is 9.71. The van der Waals surface area contributed by atoms with Crippen molar-refractivity contribution in [3.63, 3.8) is 0 Å². The lowest BCUT2D eigenvalue weighted by atomic mass is 10.0. The van der Waals surface area contributed by atoms with Gasteiger partial charge >= 0.3 is 5.97 Å². The average Bonchev–Trinajstić information content (AvgIpc) is 3.19. The van der Waals surface area contributed by atoms with E-state index in [1.165, 1.54) is 70.6 Å². The van der Waals surface area contributed by atoms with Crippen LogP contribution in [-0.2, 0) is 16.1 Å². The summed E-state index contributed by atoms with van der Waals surface area (Å²) in [5, 5.41) is 1.91. The SMILES string of the molecule is CCC1CCC(CCCCCCCCCCCC(=O)OCc2cccnc2)S1. The summed E-state index contributed by atoms with van der Waals surface area (Å²) in [6.07, 6.45) is 21.3. The zero-order valence-corrected chi connectivity index (χ0v) is 18.6. The molecule has 0 radical (unpaired) electrons. The molecule has 28 heavy (non-hydrogen) atoms. The number of aromatic nitrogens is 1. The monoisotopic (exact) mass is 405 g/mol. The number of pyridine rings is 1. The van der Waals surface area contributed by atoms with Gasteiger partial charge in [0.2, 0.25) is 0 Å². The first-order valence-corrected chi connectivity index (χ1v) is 12.4. The lowest BCUT2D eigenvalue weighted by molar-refractivity contribution is -0.145. The summed E-state index contributed by atoms with van der Waals surface area (Å²) in [4.78, 5) is 15.8. The number of ether oxygens (including phenoxy) is 1. The molecule has 2 heterocycles. The molecular weight excluding hydrogens is 366 g/mol. The highest BCUT2D eigenvalue weighted by atomic mass is 32.2. The fourth-order valence-electron chi connectivity index (χ4n) is 3.89. The Hall–Kier alpha value is -1.03. The summed E-state index contributed by atoms with van der Waals surface area (Å²) in [5.74, 6) is -0.0884. The van der Waals surface area contributed by atoms with E-state index in [1.807, 2.05) is 12.1 Å². The molecule has 158 valence electrons. The second-order valence-electron chi connectivity index (χ2n) is 8.11. The molecule has 1 aromatic rings.